The number of hydrogen-bond acceptors (Lipinski definition) is 4. The summed E-state index contributed by atoms with van der Waals surface area (Å²) in [7, 11) is 0. The Morgan fingerprint density at radius 3 is 2.25 bits per heavy atom. The van der Waals surface area contributed by atoms with Crippen LogP contribution in [0.3, 0.4) is 0 Å². The van der Waals surface area contributed by atoms with Crippen LogP contribution in [0.15, 0.2) is 30.3 Å². The molecule has 20 heavy (non-hydrogen) atoms. The zero-order chi connectivity index (χ0) is 15.5. The molecule has 0 spiro atoms. The van der Waals surface area contributed by atoms with E-state index in [0.29, 0.717) is 12.8 Å². The number of aliphatic carboxylic acids is 1. The molecule has 1 aromatic rings. The van der Waals surface area contributed by atoms with Crippen molar-refractivity contribution >= 4 is 5.97 Å². The van der Waals surface area contributed by atoms with Crippen LogP contribution in [0.4, 0.5) is 0 Å². The molecule has 5 nitrogen and oxygen atoms in total. The van der Waals surface area contributed by atoms with E-state index in [4.69, 9.17) is 23.0 Å². The monoisotopic (exact) mass is 278 g/mol. The SMILES string of the molecule is C#CCC(O)C(N)Cc1ccccc1.CC(N)C(=O)O. The molecule has 0 aromatic heterocycles. The van der Waals surface area contributed by atoms with E-state index in [1.165, 1.54) is 6.92 Å². The highest BCUT2D eigenvalue weighted by molar-refractivity contribution is 5.72. The summed E-state index contributed by atoms with van der Waals surface area (Å²) in [6.45, 7) is 1.42. The number of carboxylic acid groups (broad SMARTS) is 1. The smallest absolute Gasteiger partial charge is 0.320 e. The maximum Gasteiger partial charge on any atom is 0.320 e. The first kappa shape index (κ1) is 18.1. The predicted octanol–water partition coefficient (Wildman–Crippen LogP) is 0.359. The van der Waals surface area contributed by atoms with E-state index in [1.807, 2.05) is 30.3 Å². The molecule has 110 valence electrons. The van der Waals surface area contributed by atoms with Crippen molar-refractivity contribution in [2.24, 2.45) is 11.5 Å². The average molecular weight is 278 g/mol. The highest BCUT2D eigenvalue weighted by Crippen LogP contribution is 2.05. The van der Waals surface area contributed by atoms with Crippen molar-refractivity contribution < 1.29 is 15.0 Å². The first-order valence-electron chi connectivity index (χ1n) is 6.27. The topological polar surface area (TPSA) is 110 Å². The van der Waals surface area contributed by atoms with Crippen LogP contribution in [0.2, 0.25) is 0 Å². The third-order valence-electron chi connectivity index (χ3n) is 2.52. The van der Waals surface area contributed by atoms with Gasteiger partial charge >= 0.3 is 5.97 Å². The summed E-state index contributed by atoms with van der Waals surface area (Å²) < 4.78 is 0. The van der Waals surface area contributed by atoms with Crippen LogP contribution in [-0.4, -0.2) is 34.4 Å². The van der Waals surface area contributed by atoms with Crippen LogP contribution >= 0.6 is 0 Å². The van der Waals surface area contributed by atoms with Crippen molar-refractivity contribution in [2.45, 2.75) is 38.0 Å². The van der Waals surface area contributed by atoms with Crippen molar-refractivity contribution in [1.82, 2.24) is 0 Å². The van der Waals surface area contributed by atoms with Gasteiger partial charge in [-0.15, -0.1) is 12.3 Å². The molecule has 0 aliphatic carbocycles. The van der Waals surface area contributed by atoms with Gasteiger partial charge in [0.05, 0.1) is 6.10 Å². The predicted molar refractivity (Wildman–Crippen MR) is 78.9 cm³/mol. The Bertz CT molecular complexity index is 426. The molecular formula is C15H22N2O3. The molecule has 0 amide bonds. The molecule has 0 saturated heterocycles. The van der Waals surface area contributed by atoms with Gasteiger partial charge in [0.15, 0.2) is 0 Å². The zero-order valence-electron chi connectivity index (χ0n) is 11.6. The van der Waals surface area contributed by atoms with Gasteiger partial charge in [-0.1, -0.05) is 30.3 Å². The van der Waals surface area contributed by atoms with E-state index in [1.54, 1.807) is 0 Å². The second-order valence-corrected chi connectivity index (χ2v) is 4.46. The van der Waals surface area contributed by atoms with Crippen molar-refractivity contribution in [3.05, 3.63) is 35.9 Å². The lowest BCUT2D eigenvalue weighted by molar-refractivity contribution is -0.138. The number of hydrogen-bond donors (Lipinski definition) is 4. The second-order valence-electron chi connectivity index (χ2n) is 4.46. The number of aliphatic hydroxyl groups excluding tert-OH is 1. The minimum absolute atomic E-state index is 0.284. The summed E-state index contributed by atoms with van der Waals surface area (Å²) in [5.41, 5.74) is 11.7. The number of benzene rings is 1. The molecule has 1 rings (SSSR count). The van der Waals surface area contributed by atoms with Gasteiger partial charge in [-0.3, -0.25) is 4.79 Å². The molecule has 5 heteroatoms. The summed E-state index contributed by atoms with van der Waals surface area (Å²) in [5, 5.41) is 17.4. The zero-order valence-corrected chi connectivity index (χ0v) is 11.6. The van der Waals surface area contributed by atoms with Crippen molar-refractivity contribution in [3.8, 4) is 12.3 Å². The third-order valence-corrected chi connectivity index (χ3v) is 2.52. The fourth-order valence-corrected chi connectivity index (χ4v) is 1.29. The molecule has 0 bridgehead atoms. The fraction of sp³-hybridized carbons (Fsp3) is 0.400. The van der Waals surface area contributed by atoms with E-state index in [0.717, 1.165) is 5.56 Å². The van der Waals surface area contributed by atoms with Crippen LogP contribution in [-0.2, 0) is 11.2 Å². The van der Waals surface area contributed by atoms with Crippen molar-refractivity contribution in [3.63, 3.8) is 0 Å². The van der Waals surface area contributed by atoms with E-state index in [-0.39, 0.29) is 6.04 Å². The number of rotatable bonds is 5. The third kappa shape index (κ3) is 8.27. The Labute approximate surface area is 119 Å². The Morgan fingerprint density at radius 1 is 1.35 bits per heavy atom. The molecule has 3 unspecified atom stereocenters. The van der Waals surface area contributed by atoms with Crippen LogP contribution in [0.5, 0.6) is 0 Å². The first-order valence-corrected chi connectivity index (χ1v) is 6.27. The normalized spacial score (nSPS) is 14.2. The van der Waals surface area contributed by atoms with E-state index in [2.05, 4.69) is 5.92 Å². The minimum atomic E-state index is -0.963. The number of terminal acetylenes is 1. The lowest BCUT2D eigenvalue weighted by Crippen LogP contribution is -2.36. The second kappa shape index (κ2) is 9.98. The highest BCUT2D eigenvalue weighted by atomic mass is 16.4. The Balaban J connectivity index is 0.000000511. The van der Waals surface area contributed by atoms with Gasteiger partial charge < -0.3 is 21.7 Å². The number of carbonyl (C=O) groups is 1. The lowest BCUT2D eigenvalue weighted by atomic mass is 10.0. The number of nitrogens with two attached hydrogens (primary N) is 2. The highest BCUT2D eigenvalue weighted by Gasteiger charge is 2.13. The molecule has 0 heterocycles. The molecule has 6 N–H and O–H groups in total. The molecule has 0 aliphatic heterocycles. The van der Waals surface area contributed by atoms with Gasteiger partial charge in [0.25, 0.3) is 0 Å². The summed E-state index contributed by atoms with van der Waals surface area (Å²) in [4.78, 5) is 9.57. The molecule has 0 saturated carbocycles. The quantitative estimate of drug-likeness (QED) is 0.581. The summed E-state index contributed by atoms with van der Waals surface area (Å²) in [6.07, 6.45) is 5.45. The van der Waals surface area contributed by atoms with Crippen LogP contribution < -0.4 is 11.5 Å². The lowest BCUT2D eigenvalue weighted by Gasteiger charge is -2.16. The molecule has 1 aromatic carbocycles. The maximum absolute atomic E-state index is 9.57. The Kier molecular flexibility index (Phi) is 9.05. The van der Waals surface area contributed by atoms with Gasteiger partial charge in [-0.05, 0) is 18.9 Å². The van der Waals surface area contributed by atoms with E-state index < -0.39 is 18.1 Å². The Morgan fingerprint density at radius 2 is 1.85 bits per heavy atom. The summed E-state index contributed by atoms with van der Waals surface area (Å²) >= 11 is 0. The molecule has 3 atom stereocenters. The van der Waals surface area contributed by atoms with Crippen LogP contribution in [0.25, 0.3) is 0 Å². The minimum Gasteiger partial charge on any atom is -0.480 e. The van der Waals surface area contributed by atoms with Crippen LogP contribution in [0, 0.1) is 12.3 Å². The molecular weight excluding hydrogens is 256 g/mol. The number of aliphatic hydroxyl groups is 1. The van der Waals surface area contributed by atoms with Gasteiger partial charge in [0.2, 0.25) is 0 Å². The van der Waals surface area contributed by atoms with Gasteiger partial charge in [-0.25, -0.2) is 0 Å². The van der Waals surface area contributed by atoms with Crippen molar-refractivity contribution in [2.75, 3.05) is 0 Å². The summed E-state index contributed by atoms with van der Waals surface area (Å²) in [5.74, 6) is 1.44. The maximum atomic E-state index is 9.57. The Hall–Kier alpha value is -1.87. The molecule has 0 fully saturated rings. The first-order chi connectivity index (χ1) is 9.38. The fourth-order valence-electron chi connectivity index (χ4n) is 1.29. The van der Waals surface area contributed by atoms with E-state index >= 15 is 0 Å². The standard InChI is InChI=1S/C12H15NO.C3H7NO2/c1-2-6-12(14)11(13)9-10-7-4-3-5-8-10;1-2(4)3(5)6/h1,3-5,7-8,11-12,14H,6,9,13H2;2H,4H2,1H3,(H,5,6). The van der Waals surface area contributed by atoms with E-state index in [9.17, 15) is 9.90 Å². The average Bonchev–Trinajstić information content (AvgIpc) is 2.40. The summed E-state index contributed by atoms with van der Waals surface area (Å²) in [6, 6.07) is 8.82. The largest absolute Gasteiger partial charge is 0.480 e. The van der Waals surface area contributed by atoms with Crippen LogP contribution in [0.1, 0.15) is 18.9 Å². The molecule has 0 aliphatic rings. The van der Waals surface area contributed by atoms with Gasteiger partial charge in [-0.2, -0.15) is 0 Å². The van der Waals surface area contributed by atoms with Gasteiger partial charge in [0.1, 0.15) is 6.04 Å². The van der Waals surface area contributed by atoms with Crippen molar-refractivity contribution in [1.29, 1.82) is 0 Å². The van der Waals surface area contributed by atoms with Gasteiger partial charge in [0, 0.05) is 12.5 Å². The molecule has 0 radical (unpaired) electrons. The number of carboxylic acids is 1.